The van der Waals surface area contributed by atoms with Crippen LogP contribution >= 0.6 is 0 Å². The van der Waals surface area contributed by atoms with Crippen LogP contribution in [0.3, 0.4) is 0 Å². The summed E-state index contributed by atoms with van der Waals surface area (Å²) in [5.74, 6) is 1.85. The number of benzene rings is 8. The van der Waals surface area contributed by atoms with Crippen LogP contribution in [0.25, 0.3) is 68.4 Å². The van der Waals surface area contributed by atoms with E-state index in [1.54, 1.807) is 0 Å². The second-order valence-corrected chi connectivity index (χ2v) is 18.3. The van der Waals surface area contributed by atoms with Crippen LogP contribution in [0.1, 0.15) is 11.1 Å². The van der Waals surface area contributed by atoms with E-state index < -0.39 is 8.07 Å². The van der Waals surface area contributed by atoms with Gasteiger partial charge in [0.1, 0.15) is 11.6 Å². The summed E-state index contributed by atoms with van der Waals surface area (Å²) >= 11 is 0. The fraction of sp³-hybridized carbons (Fsp3) is 0. The van der Waals surface area contributed by atoms with Gasteiger partial charge in [-0.2, -0.15) is 0 Å². The van der Waals surface area contributed by atoms with E-state index in [2.05, 4.69) is 228 Å². The molecule has 11 rings (SSSR count). The molecule has 3 heterocycles. The Morgan fingerprint density at radius 3 is 1.14 bits per heavy atom. The number of rotatable bonds is 6. The van der Waals surface area contributed by atoms with Crippen molar-refractivity contribution >= 4 is 63.0 Å². The summed E-state index contributed by atoms with van der Waals surface area (Å²) < 4.78 is 4.61. The molecule has 57 heavy (non-hydrogen) atoms. The number of hydrogen-bond acceptors (Lipinski definition) is 2. The average Bonchev–Trinajstić information content (AvgIpc) is 3.83. The van der Waals surface area contributed by atoms with E-state index in [1.807, 2.05) is 0 Å². The second kappa shape index (κ2) is 13.4. The van der Waals surface area contributed by atoms with Crippen LogP contribution in [0.2, 0.25) is 0 Å². The summed E-state index contributed by atoms with van der Waals surface area (Å²) in [6, 6.07) is 74.5. The Morgan fingerprint density at radius 1 is 0.351 bits per heavy atom. The molecule has 8 aromatic carbocycles. The molecule has 0 spiro atoms. The van der Waals surface area contributed by atoms with Crippen molar-refractivity contribution in [3.05, 3.63) is 217 Å². The summed E-state index contributed by atoms with van der Waals surface area (Å²) in [5.41, 5.74) is 10.9. The van der Waals surface area contributed by atoms with E-state index in [1.165, 1.54) is 31.9 Å². The number of para-hydroxylation sites is 6. The highest BCUT2D eigenvalue weighted by molar-refractivity contribution is 7.20. The summed E-state index contributed by atoms with van der Waals surface area (Å²) in [7, 11) is -3.06. The van der Waals surface area contributed by atoms with Crippen molar-refractivity contribution < 1.29 is 0 Å². The minimum absolute atomic E-state index is 0.924. The highest BCUT2D eigenvalue weighted by Gasteiger charge is 2.45. The van der Waals surface area contributed by atoms with E-state index in [-0.39, 0.29) is 0 Å². The molecule has 0 aliphatic carbocycles. The monoisotopic (exact) mass is 744 g/mol. The largest absolute Gasteiger partial charge is 0.292 e. The topological polar surface area (TPSA) is 35.6 Å². The quantitative estimate of drug-likeness (QED) is 0.159. The minimum atomic E-state index is -3.06. The van der Waals surface area contributed by atoms with E-state index in [4.69, 9.17) is 9.97 Å². The van der Waals surface area contributed by atoms with Gasteiger partial charge in [0.25, 0.3) is 0 Å². The molecule has 268 valence electrons. The van der Waals surface area contributed by atoms with Gasteiger partial charge in [0.2, 0.25) is 0 Å². The summed E-state index contributed by atoms with van der Waals surface area (Å²) in [5, 5.41) is 5.30. The Balaban J connectivity index is 1.23. The number of fused-ring (bicyclic) bond motifs is 4. The van der Waals surface area contributed by atoms with Crippen molar-refractivity contribution in [2.24, 2.45) is 0 Å². The lowest BCUT2D eigenvalue weighted by Crippen LogP contribution is -2.75. The van der Waals surface area contributed by atoms with Gasteiger partial charge in [-0.25, -0.2) is 9.97 Å². The molecule has 5 heteroatoms. The van der Waals surface area contributed by atoms with Gasteiger partial charge in [-0.05, 0) is 80.4 Å². The summed E-state index contributed by atoms with van der Waals surface area (Å²) in [6.45, 7) is 0. The molecular weight excluding hydrogens is 709 g/mol. The Labute approximate surface area is 332 Å². The number of nitrogens with zero attached hydrogens (tertiary/aromatic N) is 4. The zero-order valence-corrected chi connectivity index (χ0v) is 32.1. The van der Waals surface area contributed by atoms with E-state index >= 15 is 0 Å². The van der Waals surface area contributed by atoms with Gasteiger partial charge in [-0.3, -0.25) is 9.13 Å². The first kappa shape index (κ1) is 33.0. The van der Waals surface area contributed by atoms with Crippen molar-refractivity contribution in [1.82, 2.24) is 19.1 Å². The molecule has 0 saturated carbocycles. The van der Waals surface area contributed by atoms with Crippen LogP contribution in [0.5, 0.6) is 0 Å². The highest BCUT2D eigenvalue weighted by atomic mass is 28.3. The average molecular weight is 745 g/mol. The highest BCUT2D eigenvalue weighted by Crippen LogP contribution is 2.33. The molecule has 0 N–H and O–H groups in total. The first-order valence-corrected chi connectivity index (χ1v) is 21.4. The lowest BCUT2D eigenvalue weighted by Gasteiger charge is -2.36. The van der Waals surface area contributed by atoms with Crippen LogP contribution < -0.4 is 20.7 Å². The molecule has 1 aliphatic rings. The third-order valence-electron chi connectivity index (χ3n) is 11.4. The van der Waals surface area contributed by atoms with Crippen molar-refractivity contribution in [3.63, 3.8) is 0 Å². The molecule has 0 amide bonds. The normalized spacial score (nSPS) is 13.0. The maximum Gasteiger partial charge on any atom is 0.180 e. The predicted molar refractivity (Wildman–Crippen MR) is 239 cm³/mol. The van der Waals surface area contributed by atoms with Crippen LogP contribution in [0.15, 0.2) is 206 Å². The third-order valence-corrected chi connectivity index (χ3v) is 16.3. The minimum Gasteiger partial charge on any atom is -0.292 e. The van der Waals surface area contributed by atoms with Crippen molar-refractivity contribution in [3.8, 4) is 34.2 Å². The molecule has 2 aromatic heterocycles. The van der Waals surface area contributed by atoms with Gasteiger partial charge in [0.05, 0.1) is 22.1 Å². The molecule has 0 saturated heterocycles. The number of hydrogen-bond donors (Lipinski definition) is 0. The van der Waals surface area contributed by atoms with E-state index in [9.17, 15) is 0 Å². The van der Waals surface area contributed by atoms with Crippen molar-refractivity contribution in [2.45, 2.75) is 0 Å². The Kier molecular flexibility index (Phi) is 7.79. The van der Waals surface area contributed by atoms with Crippen LogP contribution in [0, 0.1) is 0 Å². The van der Waals surface area contributed by atoms with Gasteiger partial charge >= 0.3 is 0 Å². The molecule has 1 aliphatic heterocycles. The zero-order chi connectivity index (χ0) is 37.8. The van der Waals surface area contributed by atoms with Gasteiger partial charge < -0.3 is 0 Å². The lowest BCUT2D eigenvalue weighted by atomic mass is 10.1. The summed E-state index contributed by atoms with van der Waals surface area (Å²) in [6.07, 6.45) is 4.63. The SMILES string of the molecule is C1=Cc2ccc(-c3nc4ccccc4n3-c3ccccc3)cc2[Si](c2ccccc2)(c2ccccc2)c2cc(-c3nc4ccccc4n3-c3ccccc3)ccc21. The molecule has 0 radical (unpaired) electrons. The second-order valence-electron chi connectivity index (χ2n) is 14.6. The predicted octanol–water partition coefficient (Wildman–Crippen LogP) is 9.56. The molecule has 10 aromatic rings. The molecule has 0 atom stereocenters. The third kappa shape index (κ3) is 5.28. The Hall–Kier alpha value is -7.34. The van der Waals surface area contributed by atoms with Crippen molar-refractivity contribution in [1.29, 1.82) is 0 Å². The number of imidazole rings is 2. The molecule has 4 nitrogen and oxygen atoms in total. The molecular formula is C52H36N4Si. The standard InChI is InChI=1S/C52H36N4Si/c1-5-17-41(18-6-1)55-47-27-15-13-25-45(47)53-51(55)39-33-31-37-29-30-38-32-34-40(52-54-46-26-14-16-28-48(46)56(52)42-19-7-2-8-20-42)36-50(38)57(49(37)35-39,43-21-9-3-10-22-43)44-23-11-4-12-24-44/h1-36H. The maximum atomic E-state index is 5.33. The van der Waals surface area contributed by atoms with Crippen LogP contribution in [-0.4, -0.2) is 27.2 Å². The van der Waals surface area contributed by atoms with Crippen LogP contribution in [-0.2, 0) is 0 Å². The molecule has 0 bridgehead atoms. The Bertz CT molecular complexity index is 2900. The zero-order valence-electron chi connectivity index (χ0n) is 31.1. The Morgan fingerprint density at radius 2 is 0.719 bits per heavy atom. The fourth-order valence-electron chi connectivity index (χ4n) is 8.94. The maximum absolute atomic E-state index is 5.33. The lowest BCUT2D eigenvalue weighted by molar-refractivity contribution is 1.10. The smallest absolute Gasteiger partial charge is 0.180 e. The molecule has 0 fully saturated rings. The van der Waals surface area contributed by atoms with E-state index in [0.717, 1.165) is 56.2 Å². The number of aromatic nitrogens is 4. The first-order chi connectivity index (χ1) is 28.3. The van der Waals surface area contributed by atoms with E-state index in [0.29, 0.717) is 0 Å². The first-order valence-electron chi connectivity index (χ1n) is 19.4. The summed E-state index contributed by atoms with van der Waals surface area (Å²) in [4.78, 5) is 10.7. The van der Waals surface area contributed by atoms with Gasteiger partial charge in [0, 0.05) is 22.5 Å². The molecule has 0 unspecified atom stereocenters. The van der Waals surface area contributed by atoms with Crippen molar-refractivity contribution in [2.75, 3.05) is 0 Å². The van der Waals surface area contributed by atoms with Crippen LogP contribution in [0.4, 0.5) is 0 Å². The van der Waals surface area contributed by atoms with Gasteiger partial charge in [-0.1, -0.05) is 170 Å². The fourth-order valence-corrected chi connectivity index (χ4v) is 14.1. The van der Waals surface area contributed by atoms with Gasteiger partial charge in [0.15, 0.2) is 8.07 Å². The van der Waals surface area contributed by atoms with Gasteiger partial charge in [-0.15, -0.1) is 0 Å².